The van der Waals surface area contributed by atoms with Crippen molar-refractivity contribution in [1.29, 1.82) is 0 Å². The van der Waals surface area contributed by atoms with Crippen LogP contribution in [0.1, 0.15) is 12.5 Å². The van der Waals surface area contributed by atoms with Crippen molar-refractivity contribution in [3.8, 4) is 0 Å². The summed E-state index contributed by atoms with van der Waals surface area (Å²) in [5, 5.41) is 0. The highest BCUT2D eigenvalue weighted by atomic mass is 15.1. The highest BCUT2D eigenvalue weighted by Gasteiger charge is 2.22. The number of rotatable bonds is 0. The molecule has 0 saturated heterocycles. The lowest BCUT2D eigenvalue weighted by atomic mass is 10.1. The Labute approximate surface area is 73.0 Å². The summed E-state index contributed by atoms with van der Waals surface area (Å²) in [5.74, 6) is 0. The van der Waals surface area contributed by atoms with Gasteiger partial charge in [-0.2, -0.15) is 0 Å². The van der Waals surface area contributed by atoms with Crippen LogP contribution in [0.15, 0.2) is 18.2 Å². The molecule has 1 aliphatic rings. The fraction of sp³-hybridized carbons (Fsp3) is 0.400. The Hall–Kier alpha value is -1.18. The van der Waals surface area contributed by atoms with Crippen LogP contribution in [0.3, 0.4) is 0 Å². The molecular weight excluding hydrogens is 148 g/mol. The molecule has 0 spiro atoms. The zero-order valence-electron chi connectivity index (χ0n) is 7.54. The molecule has 0 aliphatic carbocycles. The van der Waals surface area contributed by atoms with Gasteiger partial charge in [-0.3, -0.25) is 0 Å². The zero-order valence-corrected chi connectivity index (χ0v) is 7.54. The molecule has 2 N–H and O–H groups in total. The Morgan fingerprint density at radius 3 is 3.00 bits per heavy atom. The van der Waals surface area contributed by atoms with Crippen molar-refractivity contribution in [2.24, 2.45) is 0 Å². The Morgan fingerprint density at radius 2 is 2.25 bits per heavy atom. The van der Waals surface area contributed by atoms with E-state index in [1.165, 1.54) is 11.3 Å². The molecular formula is C10H14N2. The predicted octanol–water partition coefficient (Wildman–Crippen LogP) is 1.65. The van der Waals surface area contributed by atoms with Crippen molar-refractivity contribution in [1.82, 2.24) is 0 Å². The van der Waals surface area contributed by atoms with Gasteiger partial charge in [-0.25, -0.2) is 0 Å². The minimum Gasteiger partial charge on any atom is -0.399 e. The standard InChI is InChI=1S/C10H14N2/c1-7-5-8-3-4-9(11)6-10(8)12(7)2/h3-4,6-7H,5,11H2,1-2H3. The van der Waals surface area contributed by atoms with E-state index in [2.05, 4.69) is 31.0 Å². The van der Waals surface area contributed by atoms with Gasteiger partial charge in [-0.15, -0.1) is 0 Å². The number of hydrogen-bond donors (Lipinski definition) is 1. The van der Waals surface area contributed by atoms with Crippen LogP contribution in [0, 0.1) is 0 Å². The van der Waals surface area contributed by atoms with Gasteiger partial charge >= 0.3 is 0 Å². The van der Waals surface area contributed by atoms with E-state index in [1.807, 2.05) is 6.07 Å². The van der Waals surface area contributed by atoms with Crippen molar-refractivity contribution in [3.63, 3.8) is 0 Å². The number of nitrogens with zero attached hydrogens (tertiary/aromatic N) is 1. The molecule has 0 aromatic heterocycles. The Kier molecular flexibility index (Phi) is 1.50. The van der Waals surface area contributed by atoms with Gasteiger partial charge in [0, 0.05) is 24.5 Å². The third-order valence-electron chi connectivity index (χ3n) is 2.67. The molecule has 1 heterocycles. The highest BCUT2D eigenvalue weighted by Crippen LogP contribution is 2.31. The van der Waals surface area contributed by atoms with E-state index in [4.69, 9.17) is 5.73 Å². The molecule has 1 aromatic rings. The number of fused-ring (bicyclic) bond motifs is 1. The summed E-state index contributed by atoms with van der Waals surface area (Å²) < 4.78 is 0. The molecule has 0 amide bonds. The maximum Gasteiger partial charge on any atom is 0.0420 e. The maximum atomic E-state index is 5.71. The molecule has 12 heavy (non-hydrogen) atoms. The first-order valence-corrected chi connectivity index (χ1v) is 4.29. The van der Waals surface area contributed by atoms with Crippen LogP contribution in [0.5, 0.6) is 0 Å². The molecule has 2 nitrogen and oxygen atoms in total. The van der Waals surface area contributed by atoms with Crippen molar-refractivity contribution < 1.29 is 0 Å². The minimum absolute atomic E-state index is 0.613. The summed E-state index contributed by atoms with van der Waals surface area (Å²) in [5.41, 5.74) is 9.28. The first-order valence-electron chi connectivity index (χ1n) is 4.29. The fourth-order valence-electron chi connectivity index (χ4n) is 1.77. The Balaban J connectivity index is 2.48. The van der Waals surface area contributed by atoms with Gasteiger partial charge in [0.1, 0.15) is 0 Å². The van der Waals surface area contributed by atoms with Gasteiger partial charge in [-0.1, -0.05) is 6.07 Å². The zero-order chi connectivity index (χ0) is 8.72. The lowest BCUT2D eigenvalue weighted by Gasteiger charge is -2.18. The van der Waals surface area contributed by atoms with Crippen LogP contribution in [0.25, 0.3) is 0 Å². The van der Waals surface area contributed by atoms with Gasteiger partial charge in [0.15, 0.2) is 0 Å². The molecule has 0 bridgehead atoms. The van der Waals surface area contributed by atoms with Crippen molar-refractivity contribution >= 4 is 11.4 Å². The van der Waals surface area contributed by atoms with E-state index >= 15 is 0 Å². The number of anilines is 2. The molecule has 2 heteroatoms. The number of likely N-dealkylation sites (N-methyl/N-ethyl adjacent to an activating group) is 1. The van der Waals surface area contributed by atoms with E-state index < -0.39 is 0 Å². The van der Waals surface area contributed by atoms with Crippen LogP contribution in [-0.4, -0.2) is 13.1 Å². The molecule has 1 aliphatic heterocycles. The van der Waals surface area contributed by atoms with Gasteiger partial charge in [-0.05, 0) is 31.0 Å². The molecule has 1 atom stereocenters. The molecule has 1 unspecified atom stereocenters. The Bertz CT molecular complexity index is 307. The largest absolute Gasteiger partial charge is 0.399 e. The number of hydrogen-bond acceptors (Lipinski definition) is 2. The summed E-state index contributed by atoms with van der Waals surface area (Å²) in [6, 6.07) is 6.77. The summed E-state index contributed by atoms with van der Waals surface area (Å²) in [4.78, 5) is 2.28. The number of nitrogen functional groups attached to an aromatic ring is 1. The normalized spacial score (nSPS) is 21.2. The SMILES string of the molecule is CC1Cc2ccc(N)cc2N1C. The topological polar surface area (TPSA) is 29.3 Å². The fourth-order valence-corrected chi connectivity index (χ4v) is 1.77. The van der Waals surface area contributed by atoms with E-state index in [0.717, 1.165) is 12.1 Å². The number of nitrogens with two attached hydrogens (primary N) is 1. The highest BCUT2D eigenvalue weighted by molar-refractivity contribution is 5.64. The van der Waals surface area contributed by atoms with Crippen LogP contribution in [0.4, 0.5) is 11.4 Å². The van der Waals surface area contributed by atoms with Crippen molar-refractivity contribution in [2.45, 2.75) is 19.4 Å². The van der Waals surface area contributed by atoms with Crippen LogP contribution in [0.2, 0.25) is 0 Å². The summed E-state index contributed by atoms with van der Waals surface area (Å²) in [6.45, 7) is 2.23. The van der Waals surface area contributed by atoms with E-state index in [1.54, 1.807) is 0 Å². The second-order valence-corrected chi connectivity index (χ2v) is 3.55. The lowest BCUT2D eigenvalue weighted by Crippen LogP contribution is -2.23. The second-order valence-electron chi connectivity index (χ2n) is 3.55. The summed E-state index contributed by atoms with van der Waals surface area (Å²) in [7, 11) is 2.12. The smallest absolute Gasteiger partial charge is 0.0420 e. The third-order valence-corrected chi connectivity index (χ3v) is 2.67. The van der Waals surface area contributed by atoms with Gasteiger partial charge in [0.2, 0.25) is 0 Å². The first kappa shape index (κ1) is 7.47. The molecule has 0 radical (unpaired) electrons. The first-order chi connectivity index (χ1) is 5.68. The van der Waals surface area contributed by atoms with E-state index in [0.29, 0.717) is 6.04 Å². The van der Waals surface area contributed by atoms with Crippen LogP contribution in [-0.2, 0) is 6.42 Å². The second kappa shape index (κ2) is 2.41. The van der Waals surface area contributed by atoms with E-state index in [-0.39, 0.29) is 0 Å². The monoisotopic (exact) mass is 162 g/mol. The molecule has 64 valence electrons. The molecule has 2 rings (SSSR count). The summed E-state index contributed by atoms with van der Waals surface area (Å²) in [6.07, 6.45) is 1.14. The third kappa shape index (κ3) is 0.951. The average Bonchev–Trinajstić information content (AvgIpc) is 2.31. The van der Waals surface area contributed by atoms with Gasteiger partial charge in [0.05, 0.1) is 0 Å². The van der Waals surface area contributed by atoms with Crippen molar-refractivity contribution in [3.05, 3.63) is 23.8 Å². The van der Waals surface area contributed by atoms with Crippen molar-refractivity contribution in [2.75, 3.05) is 17.7 Å². The quantitative estimate of drug-likeness (QED) is 0.588. The molecule has 0 saturated carbocycles. The average molecular weight is 162 g/mol. The van der Waals surface area contributed by atoms with Gasteiger partial charge in [0.25, 0.3) is 0 Å². The lowest BCUT2D eigenvalue weighted by molar-refractivity contribution is 0.732. The molecule has 1 aromatic carbocycles. The van der Waals surface area contributed by atoms with Gasteiger partial charge < -0.3 is 10.6 Å². The molecule has 0 fully saturated rings. The summed E-state index contributed by atoms with van der Waals surface area (Å²) >= 11 is 0. The maximum absolute atomic E-state index is 5.71. The Morgan fingerprint density at radius 1 is 1.50 bits per heavy atom. The predicted molar refractivity (Wildman–Crippen MR) is 52.4 cm³/mol. The van der Waals surface area contributed by atoms with Crippen LogP contribution < -0.4 is 10.6 Å². The van der Waals surface area contributed by atoms with E-state index in [9.17, 15) is 0 Å². The van der Waals surface area contributed by atoms with Crippen LogP contribution >= 0.6 is 0 Å². The number of benzene rings is 1. The minimum atomic E-state index is 0.613.